The maximum atomic E-state index is 13.2. The van der Waals surface area contributed by atoms with Gasteiger partial charge in [-0.3, -0.25) is 0 Å². The van der Waals surface area contributed by atoms with Gasteiger partial charge >= 0.3 is 6.03 Å². The predicted octanol–water partition coefficient (Wildman–Crippen LogP) is 4.73. The lowest BCUT2D eigenvalue weighted by atomic mass is 10.3. The van der Waals surface area contributed by atoms with E-state index < -0.39 is 0 Å². The number of carbonyl (C=O) groups is 1. The van der Waals surface area contributed by atoms with E-state index >= 15 is 0 Å². The number of pyridine rings is 1. The molecule has 3 rings (SSSR count). The Morgan fingerprint density at radius 1 is 1.07 bits per heavy atom. The molecule has 144 valence electrons. The van der Waals surface area contributed by atoms with Crippen molar-refractivity contribution in [3.05, 3.63) is 78.2 Å². The van der Waals surface area contributed by atoms with Gasteiger partial charge in [0.25, 0.3) is 0 Å². The fourth-order valence-electron chi connectivity index (χ4n) is 2.39. The zero-order chi connectivity index (χ0) is 19.8. The normalized spacial score (nSPS) is 10.2. The van der Waals surface area contributed by atoms with E-state index in [-0.39, 0.29) is 11.8 Å². The Morgan fingerprint density at radius 2 is 1.89 bits per heavy atom. The second kappa shape index (κ2) is 9.36. The van der Waals surface area contributed by atoms with Gasteiger partial charge in [-0.25, -0.2) is 14.2 Å². The summed E-state index contributed by atoms with van der Waals surface area (Å²) in [5.74, 6) is 1.08. The van der Waals surface area contributed by atoms with Gasteiger partial charge in [0.05, 0.1) is 6.61 Å². The molecule has 0 saturated carbocycles. The van der Waals surface area contributed by atoms with Crippen LogP contribution < -0.4 is 20.1 Å². The number of benzene rings is 2. The number of urea groups is 1. The molecule has 0 bridgehead atoms. The lowest BCUT2D eigenvalue weighted by Crippen LogP contribution is -2.28. The molecule has 0 saturated heterocycles. The first-order valence-corrected chi connectivity index (χ1v) is 8.78. The first-order chi connectivity index (χ1) is 13.6. The average molecular weight is 381 g/mol. The summed E-state index contributed by atoms with van der Waals surface area (Å²) in [6.07, 6.45) is 1.59. The van der Waals surface area contributed by atoms with Gasteiger partial charge in [0.15, 0.2) is 0 Å². The summed E-state index contributed by atoms with van der Waals surface area (Å²) in [7, 11) is 0. The third-order valence-electron chi connectivity index (χ3n) is 3.69. The molecule has 1 heterocycles. The van der Waals surface area contributed by atoms with Crippen LogP contribution in [0, 0.1) is 5.82 Å². The van der Waals surface area contributed by atoms with E-state index in [9.17, 15) is 9.18 Å². The first kappa shape index (κ1) is 19.2. The van der Waals surface area contributed by atoms with Crippen molar-refractivity contribution in [1.29, 1.82) is 0 Å². The molecule has 0 fully saturated rings. The maximum absolute atomic E-state index is 13.2. The number of ether oxygens (including phenoxy) is 2. The quantitative estimate of drug-likeness (QED) is 0.620. The summed E-state index contributed by atoms with van der Waals surface area (Å²) in [4.78, 5) is 16.2. The minimum atomic E-state index is -0.378. The topological polar surface area (TPSA) is 72.5 Å². The monoisotopic (exact) mass is 381 g/mol. The standard InChI is InChI=1S/C21H20FN3O3/c1-2-27-18-9-7-17(8-10-18)25-21(26)24-14-15-6-11-20(23-13-15)28-19-5-3-4-16(22)12-19/h3-13H,2,14H2,1H3,(H2,24,25,26). The second-order valence-electron chi connectivity index (χ2n) is 5.83. The van der Waals surface area contributed by atoms with Crippen LogP contribution in [0.2, 0.25) is 0 Å². The Kier molecular flexibility index (Phi) is 6.41. The van der Waals surface area contributed by atoms with Gasteiger partial charge in [0.1, 0.15) is 17.3 Å². The van der Waals surface area contributed by atoms with Crippen LogP contribution in [0.3, 0.4) is 0 Å². The number of nitrogens with one attached hydrogen (secondary N) is 2. The number of nitrogens with zero attached hydrogens (tertiary/aromatic N) is 1. The van der Waals surface area contributed by atoms with Crippen LogP contribution in [0.1, 0.15) is 12.5 Å². The van der Waals surface area contributed by atoms with E-state index in [4.69, 9.17) is 9.47 Å². The Labute approximate surface area is 162 Å². The summed E-state index contributed by atoms with van der Waals surface area (Å²) in [5, 5.41) is 5.50. The molecule has 2 aromatic carbocycles. The summed E-state index contributed by atoms with van der Waals surface area (Å²) in [6.45, 7) is 2.80. The van der Waals surface area contributed by atoms with Gasteiger partial charge in [-0.05, 0) is 48.9 Å². The number of aromatic nitrogens is 1. The molecular weight excluding hydrogens is 361 g/mol. The first-order valence-electron chi connectivity index (χ1n) is 8.78. The molecule has 2 amide bonds. The third-order valence-corrected chi connectivity index (χ3v) is 3.69. The smallest absolute Gasteiger partial charge is 0.319 e. The molecule has 1 aromatic heterocycles. The van der Waals surface area contributed by atoms with Crippen molar-refractivity contribution in [3.8, 4) is 17.4 Å². The summed E-state index contributed by atoms with van der Waals surface area (Å²) >= 11 is 0. The number of hydrogen-bond donors (Lipinski definition) is 2. The molecule has 7 heteroatoms. The van der Waals surface area contributed by atoms with Gasteiger partial charge in [0, 0.05) is 30.6 Å². The van der Waals surface area contributed by atoms with E-state index in [0.717, 1.165) is 11.3 Å². The van der Waals surface area contributed by atoms with E-state index in [1.165, 1.54) is 12.1 Å². The highest BCUT2D eigenvalue weighted by Gasteiger charge is 2.04. The van der Waals surface area contributed by atoms with Gasteiger partial charge < -0.3 is 20.1 Å². The summed E-state index contributed by atoms with van der Waals surface area (Å²) in [5.41, 5.74) is 1.46. The van der Waals surface area contributed by atoms with Gasteiger partial charge in [-0.15, -0.1) is 0 Å². The van der Waals surface area contributed by atoms with Crippen LogP contribution in [-0.2, 0) is 6.54 Å². The second-order valence-corrected chi connectivity index (χ2v) is 5.83. The van der Waals surface area contributed by atoms with E-state index in [1.54, 1.807) is 54.7 Å². The summed E-state index contributed by atoms with van der Waals surface area (Å²) < 4.78 is 24.0. The largest absolute Gasteiger partial charge is 0.494 e. The third kappa shape index (κ3) is 5.70. The Hall–Kier alpha value is -3.61. The molecule has 0 spiro atoms. The zero-order valence-electron chi connectivity index (χ0n) is 15.3. The maximum Gasteiger partial charge on any atom is 0.319 e. The van der Waals surface area contributed by atoms with Crippen LogP contribution in [0.15, 0.2) is 66.9 Å². The van der Waals surface area contributed by atoms with Crippen molar-refractivity contribution in [2.75, 3.05) is 11.9 Å². The molecule has 3 aromatic rings. The van der Waals surface area contributed by atoms with Crippen molar-refractivity contribution in [3.63, 3.8) is 0 Å². The molecule has 0 atom stereocenters. The molecule has 28 heavy (non-hydrogen) atoms. The molecule has 0 aliphatic carbocycles. The van der Waals surface area contributed by atoms with E-state index in [1.807, 2.05) is 6.92 Å². The highest BCUT2D eigenvalue weighted by molar-refractivity contribution is 5.89. The summed E-state index contributed by atoms with van der Waals surface area (Å²) in [6, 6.07) is 16.1. The molecule has 0 unspecified atom stereocenters. The van der Waals surface area contributed by atoms with Crippen LogP contribution in [0.4, 0.5) is 14.9 Å². The average Bonchev–Trinajstić information content (AvgIpc) is 2.69. The number of anilines is 1. The van der Waals surface area contributed by atoms with Crippen molar-refractivity contribution in [1.82, 2.24) is 10.3 Å². The fourth-order valence-corrected chi connectivity index (χ4v) is 2.39. The number of carbonyl (C=O) groups excluding carboxylic acids is 1. The fraction of sp³-hybridized carbons (Fsp3) is 0.143. The van der Waals surface area contributed by atoms with Crippen LogP contribution in [-0.4, -0.2) is 17.6 Å². The Balaban J connectivity index is 1.48. The number of hydrogen-bond acceptors (Lipinski definition) is 4. The Bertz CT molecular complexity index is 915. The molecular formula is C21H20FN3O3. The molecule has 6 nitrogen and oxygen atoms in total. The lowest BCUT2D eigenvalue weighted by Gasteiger charge is -2.09. The van der Waals surface area contributed by atoms with Crippen LogP contribution in [0.5, 0.6) is 17.4 Å². The molecule has 0 aliphatic heterocycles. The molecule has 0 radical (unpaired) electrons. The van der Waals surface area contributed by atoms with Crippen molar-refractivity contribution < 1.29 is 18.7 Å². The minimum Gasteiger partial charge on any atom is -0.494 e. The molecule has 2 N–H and O–H groups in total. The predicted molar refractivity (Wildman–Crippen MR) is 104 cm³/mol. The minimum absolute atomic E-state index is 0.302. The van der Waals surface area contributed by atoms with Gasteiger partial charge in [0.2, 0.25) is 5.88 Å². The van der Waals surface area contributed by atoms with Gasteiger partial charge in [-0.1, -0.05) is 12.1 Å². The highest BCUT2D eigenvalue weighted by atomic mass is 19.1. The highest BCUT2D eigenvalue weighted by Crippen LogP contribution is 2.20. The van der Waals surface area contributed by atoms with Crippen molar-refractivity contribution in [2.24, 2.45) is 0 Å². The number of halogens is 1. The van der Waals surface area contributed by atoms with Crippen LogP contribution >= 0.6 is 0 Å². The van der Waals surface area contributed by atoms with Crippen molar-refractivity contribution in [2.45, 2.75) is 13.5 Å². The van der Waals surface area contributed by atoms with E-state index in [0.29, 0.717) is 30.5 Å². The van der Waals surface area contributed by atoms with E-state index in [2.05, 4.69) is 15.6 Å². The SMILES string of the molecule is CCOc1ccc(NC(=O)NCc2ccc(Oc3cccc(F)c3)nc2)cc1. The number of rotatable bonds is 7. The molecule has 0 aliphatic rings. The Morgan fingerprint density at radius 3 is 2.57 bits per heavy atom. The number of amides is 2. The van der Waals surface area contributed by atoms with Crippen LogP contribution in [0.25, 0.3) is 0 Å². The van der Waals surface area contributed by atoms with Gasteiger partial charge in [-0.2, -0.15) is 0 Å². The lowest BCUT2D eigenvalue weighted by molar-refractivity contribution is 0.251. The van der Waals surface area contributed by atoms with Crippen molar-refractivity contribution >= 4 is 11.7 Å². The zero-order valence-corrected chi connectivity index (χ0v) is 15.3.